The molecule has 20 heavy (non-hydrogen) atoms. The highest BCUT2D eigenvalue weighted by Crippen LogP contribution is 2.35. The van der Waals surface area contributed by atoms with E-state index in [1.54, 1.807) is 12.1 Å². The third-order valence-electron chi connectivity index (χ3n) is 2.63. The van der Waals surface area contributed by atoms with Crippen LogP contribution in [-0.2, 0) is 4.74 Å². The van der Waals surface area contributed by atoms with Gasteiger partial charge < -0.3 is 14.4 Å². The first-order valence-electron chi connectivity index (χ1n) is 5.98. The van der Waals surface area contributed by atoms with E-state index in [9.17, 15) is 4.79 Å². The average Bonchev–Trinajstić information content (AvgIpc) is 2.43. The van der Waals surface area contributed by atoms with Crippen molar-refractivity contribution >= 4 is 55.2 Å². The summed E-state index contributed by atoms with van der Waals surface area (Å²) in [5.74, 6) is 0.124. The normalized spacial score (nSPS) is 10.1. The van der Waals surface area contributed by atoms with Gasteiger partial charge in [-0.15, -0.1) is 0 Å². The summed E-state index contributed by atoms with van der Waals surface area (Å²) in [6.07, 6.45) is 0. The third-order valence-corrected chi connectivity index (χ3v) is 4.15. The Kier molecular flexibility index (Phi) is 6.91. The van der Waals surface area contributed by atoms with Crippen LogP contribution in [0.3, 0.4) is 0 Å². The second-order valence-corrected chi connectivity index (χ2v) is 5.86. The number of nitrogens with zero attached hydrogens (tertiary/aromatic N) is 1. The molecule has 110 valence electrons. The van der Waals surface area contributed by atoms with Crippen molar-refractivity contribution in [1.82, 2.24) is 4.90 Å². The zero-order valence-electron chi connectivity index (χ0n) is 11.4. The molecule has 0 atom stereocenters. The Morgan fingerprint density at radius 3 is 2.15 bits per heavy atom. The minimum Gasteiger partial charge on any atom is -0.465 e. The Bertz CT molecular complexity index is 495. The van der Waals surface area contributed by atoms with Crippen molar-refractivity contribution in [2.75, 3.05) is 20.2 Å². The van der Waals surface area contributed by atoms with Crippen LogP contribution >= 0.6 is 44.1 Å². The van der Waals surface area contributed by atoms with Gasteiger partial charge in [-0.1, -0.05) is 0 Å². The Hall–Kier alpha value is -0.660. The molecule has 7 heteroatoms. The summed E-state index contributed by atoms with van der Waals surface area (Å²) in [7, 11) is 1.34. The molecule has 0 aliphatic heterocycles. The number of carbonyl (C=O) groups excluding carboxylic acids is 1. The fourth-order valence-corrected chi connectivity index (χ4v) is 3.22. The molecule has 0 heterocycles. The fourth-order valence-electron chi connectivity index (χ4n) is 1.53. The van der Waals surface area contributed by atoms with Gasteiger partial charge in [0.2, 0.25) is 0 Å². The molecule has 0 fully saturated rings. The standard InChI is InChI=1S/C13H15Br2NO3S/c1-4-16(5-2)13(20)19-11-9(14)6-8(7-10(11)15)12(17)18-3/h6-7H,4-5H2,1-3H3. The number of rotatable bonds is 4. The lowest BCUT2D eigenvalue weighted by molar-refractivity contribution is 0.0600. The average molecular weight is 425 g/mol. The molecule has 0 aliphatic rings. The van der Waals surface area contributed by atoms with E-state index in [2.05, 4.69) is 36.6 Å². The van der Waals surface area contributed by atoms with Gasteiger partial charge in [-0.25, -0.2) is 4.79 Å². The first-order valence-corrected chi connectivity index (χ1v) is 7.98. The zero-order chi connectivity index (χ0) is 15.3. The second-order valence-electron chi connectivity index (χ2n) is 3.80. The largest absolute Gasteiger partial charge is 0.465 e. The van der Waals surface area contributed by atoms with Crippen molar-refractivity contribution in [1.29, 1.82) is 0 Å². The number of esters is 1. The number of ether oxygens (including phenoxy) is 2. The molecular weight excluding hydrogens is 410 g/mol. The minimum absolute atomic E-state index is 0.391. The molecule has 0 unspecified atom stereocenters. The summed E-state index contributed by atoms with van der Waals surface area (Å²) in [6, 6.07) is 3.27. The lowest BCUT2D eigenvalue weighted by Crippen LogP contribution is -2.33. The molecule has 0 saturated carbocycles. The number of benzene rings is 1. The van der Waals surface area contributed by atoms with Crippen molar-refractivity contribution in [3.05, 3.63) is 26.6 Å². The van der Waals surface area contributed by atoms with Crippen molar-refractivity contribution in [2.24, 2.45) is 0 Å². The number of hydrogen-bond donors (Lipinski definition) is 0. The molecule has 4 nitrogen and oxygen atoms in total. The third kappa shape index (κ3) is 4.17. The zero-order valence-corrected chi connectivity index (χ0v) is 15.4. The van der Waals surface area contributed by atoms with Gasteiger partial charge in [0, 0.05) is 13.1 Å². The molecular formula is C13H15Br2NO3S. The summed E-state index contributed by atoms with van der Waals surface area (Å²) in [5, 5.41) is 0.391. The van der Waals surface area contributed by atoms with E-state index in [1.807, 2.05) is 18.7 Å². The van der Waals surface area contributed by atoms with Crippen molar-refractivity contribution in [2.45, 2.75) is 13.8 Å². The number of carbonyl (C=O) groups is 1. The summed E-state index contributed by atoms with van der Waals surface area (Å²) in [5.41, 5.74) is 0.423. The van der Waals surface area contributed by atoms with E-state index in [1.165, 1.54) is 7.11 Å². The maximum atomic E-state index is 11.5. The Balaban J connectivity index is 3.03. The SMILES string of the molecule is CCN(CC)C(=S)Oc1c(Br)cc(C(=O)OC)cc1Br. The van der Waals surface area contributed by atoms with Gasteiger partial charge in [-0.2, -0.15) is 0 Å². The molecule has 1 rings (SSSR count). The summed E-state index contributed by atoms with van der Waals surface area (Å²) in [4.78, 5) is 13.4. The van der Waals surface area contributed by atoms with Crippen molar-refractivity contribution in [3.8, 4) is 5.75 Å². The van der Waals surface area contributed by atoms with Gasteiger partial charge in [-0.05, 0) is 70.1 Å². The van der Waals surface area contributed by atoms with Gasteiger partial charge >= 0.3 is 5.97 Å². The van der Waals surface area contributed by atoms with Gasteiger partial charge in [0.25, 0.3) is 5.17 Å². The van der Waals surface area contributed by atoms with Crippen LogP contribution < -0.4 is 4.74 Å². The van der Waals surface area contributed by atoms with E-state index >= 15 is 0 Å². The van der Waals surface area contributed by atoms with Gasteiger partial charge in [-0.3, -0.25) is 0 Å². The van der Waals surface area contributed by atoms with E-state index < -0.39 is 5.97 Å². The molecule has 0 N–H and O–H groups in total. The highest BCUT2D eigenvalue weighted by atomic mass is 79.9. The molecule has 0 spiro atoms. The smallest absolute Gasteiger partial charge is 0.337 e. The van der Waals surface area contributed by atoms with E-state index in [0.717, 1.165) is 13.1 Å². The highest BCUT2D eigenvalue weighted by Gasteiger charge is 2.17. The lowest BCUT2D eigenvalue weighted by Gasteiger charge is -2.22. The fraction of sp³-hybridized carbons (Fsp3) is 0.385. The molecule has 1 aromatic carbocycles. The van der Waals surface area contributed by atoms with Crippen LogP contribution in [0.4, 0.5) is 0 Å². The summed E-state index contributed by atoms with van der Waals surface area (Å²) >= 11 is 12.0. The quantitative estimate of drug-likeness (QED) is 0.539. The monoisotopic (exact) mass is 423 g/mol. The first kappa shape index (κ1) is 17.4. The number of methoxy groups -OCH3 is 1. The molecule has 1 aromatic rings. The van der Waals surface area contributed by atoms with Crippen LogP contribution in [0, 0.1) is 0 Å². The van der Waals surface area contributed by atoms with Gasteiger partial charge in [0.15, 0.2) is 5.75 Å². The van der Waals surface area contributed by atoms with Gasteiger partial charge in [0.05, 0.1) is 21.6 Å². The van der Waals surface area contributed by atoms with Crippen LogP contribution in [0.2, 0.25) is 0 Å². The number of thiocarbonyl (C=S) groups is 1. The molecule has 0 radical (unpaired) electrons. The van der Waals surface area contributed by atoms with E-state index in [4.69, 9.17) is 17.0 Å². The summed E-state index contributed by atoms with van der Waals surface area (Å²) in [6.45, 7) is 5.54. The van der Waals surface area contributed by atoms with Crippen LogP contribution in [0.15, 0.2) is 21.1 Å². The van der Waals surface area contributed by atoms with Crippen molar-refractivity contribution < 1.29 is 14.3 Å². The Labute approximate surface area is 140 Å². The second kappa shape index (κ2) is 7.95. The highest BCUT2D eigenvalue weighted by molar-refractivity contribution is 9.11. The van der Waals surface area contributed by atoms with Crippen LogP contribution in [0.25, 0.3) is 0 Å². The topological polar surface area (TPSA) is 38.8 Å². The van der Waals surface area contributed by atoms with Gasteiger partial charge in [0.1, 0.15) is 0 Å². The lowest BCUT2D eigenvalue weighted by atomic mass is 10.2. The molecule has 0 amide bonds. The predicted octanol–water partition coefficient (Wildman–Crippen LogP) is 4.00. The van der Waals surface area contributed by atoms with Crippen LogP contribution in [0.1, 0.15) is 24.2 Å². The summed E-state index contributed by atoms with van der Waals surface area (Å²) < 4.78 is 11.6. The number of halogens is 2. The molecule has 0 aliphatic carbocycles. The predicted molar refractivity (Wildman–Crippen MR) is 89.3 cm³/mol. The Morgan fingerprint density at radius 2 is 1.75 bits per heavy atom. The Morgan fingerprint density at radius 1 is 1.25 bits per heavy atom. The van der Waals surface area contributed by atoms with E-state index in [-0.39, 0.29) is 0 Å². The van der Waals surface area contributed by atoms with Crippen molar-refractivity contribution in [3.63, 3.8) is 0 Å². The minimum atomic E-state index is -0.413. The van der Waals surface area contributed by atoms with Crippen LogP contribution in [-0.4, -0.2) is 36.2 Å². The molecule has 0 saturated heterocycles. The maximum Gasteiger partial charge on any atom is 0.337 e. The number of hydrogen-bond acceptors (Lipinski definition) is 4. The molecule has 0 bridgehead atoms. The first-order chi connectivity index (χ1) is 9.44. The molecule has 0 aromatic heterocycles. The maximum absolute atomic E-state index is 11.5. The van der Waals surface area contributed by atoms with E-state index in [0.29, 0.717) is 25.4 Å². The van der Waals surface area contributed by atoms with Crippen LogP contribution in [0.5, 0.6) is 5.75 Å².